The van der Waals surface area contributed by atoms with E-state index in [1.165, 1.54) is 0 Å². The Hall–Kier alpha value is -0.630. The van der Waals surface area contributed by atoms with Crippen LogP contribution in [0.15, 0.2) is 30.3 Å². The van der Waals surface area contributed by atoms with Gasteiger partial charge in [-0.05, 0) is 5.56 Å². The minimum absolute atomic E-state index is 0.112. The number of ether oxygens (including phenoxy) is 1. The molecular formula is C13H20O5S. The number of thiol groups is 1. The van der Waals surface area contributed by atoms with Crippen LogP contribution < -0.4 is 0 Å². The SMILES string of the molecule is OC[C@@H](S)[C@@H](O)[C@H](O)[C@@H](O)COCc1ccccc1. The second kappa shape index (κ2) is 8.52. The average Bonchev–Trinajstić information content (AvgIpc) is 2.45. The third-order valence-electron chi connectivity index (χ3n) is 2.73. The van der Waals surface area contributed by atoms with Crippen LogP contribution in [0.4, 0.5) is 0 Å². The molecule has 0 aromatic heterocycles. The largest absolute Gasteiger partial charge is 0.395 e. The summed E-state index contributed by atoms with van der Waals surface area (Å²) < 4.78 is 5.26. The van der Waals surface area contributed by atoms with Gasteiger partial charge < -0.3 is 25.2 Å². The van der Waals surface area contributed by atoms with Gasteiger partial charge in [0, 0.05) is 0 Å². The Morgan fingerprint density at radius 2 is 1.68 bits per heavy atom. The highest BCUT2D eigenvalue weighted by atomic mass is 32.1. The maximum atomic E-state index is 9.66. The molecule has 0 heterocycles. The Morgan fingerprint density at radius 3 is 2.26 bits per heavy atom. The molecule has 4 N–H and O–H groups in total. The molecule has 0 saturated carbocycles. The first kappa shape index (κ1) is 16.4. The van der Waals surface area contributed by atoms with Crippen molar-refractivity contribution in [2.75, 3.05) is 13.2 Å². The van der Waals surface area contributed by atoms with Gasteiger partial charge in [-0.15, -0.1) is 0 Å². The van der Waals surface area contributed by atoms with Crippen molar-refractivity contribution in [3.8, 4) is 0 Å². The van der Waals surface area contributed by atoms with E-state index in [0.29, 0.717) is 6.61 Å². The zero-order valence-corrected chi connectivity index (χ0v) is 11.4. The number of hydrogen-bond donors (Lipinski definition) is 5. The third kappa shape index (κ3) is 5.48. The monoisotopic (exact) mass is 288 g/mol. The maximum absolute atomic E-state index is 9.66. The number of hydrogen-bond acceptors (Lipinski definition) is 6. The van der Waals surface area contributed by atoms with Crippen LogP contribution in [0.2, 0.25) is 0 Å². The first-order valence-electron chi connectivity index (χ1n) is 6.01. The van der Waals surface area contributed by atoms with Gasteiger partial charge in [-0.1, -0.05) is 30.3 Å². The lowest BCUT2D eigenvalue weighted by molar-refractivity contribution is -0.0922. The Morgan fingerprint density at radius 1 is 1.05 bits per heavy atom. The summed E-state index contributed by atoms with van der Waals surface area (Å²) in [7, 11) is 0. The van der Waals surface area contributed by atoms with Crippen LogP contribution in [0, 0.1) is 0 Å². The maximum Gasteiger partial charge on any atom is 0.109 e. The average molecular weight is 288 g/mol. The molecule has 0 aliphatic rings. The third-order valence-corrected chi connectivity index (χ3v) is 3.19. The van der Waals surface area contributed by atoms with Gasteiger partial charge in [0.1, 0.15) is 12.2 Å². The second-order valence-corrected chi connectivity index (χ2v) is 4.96. The molecule has 4 atom stereocenters. The Labute approximate surface area is 117 Å². The van der Waals surface area contributed by atoms with Gasteiger partial charge >= 0.3 is 0 Å². The minimum atomic E-state index is -1.41. The minimum Gasteiger partial charge on any atom is -0.395 e. The molecule has 0 unspecified atom stereocenters. The van der Waals surface area contributed by atoms with Gasteiger partial charge in [0.05, 0.1) is 31.2 Å². The van der Waals surface area contributed by atoms with Crippen molar-refractivity contribution in [3.05, 3.63) is 35.9 Å². The number of benzene rings is 1. The number of aliphatic hydroxyl groups excluding tert-OH is 4. The van der Waals surface area contributed by atoms with E-state index >= 15 is 0 Å². The molecule has 0 aliphatic heterocycles. The van der Waals surface area contributed by atoms with Crippen molar-refractivity contribution in [1.29, 1.82) is 0 Å². The second-order valence-electron chi connectivity index (χ2n) is 4.30. The van der Waals surface area contributed by atoms with Crippen LogP contribution in [-0.4, -0.2) is 57.2 Å². The fraction of sp³-hybridized carbons (Fsp3) is 0.538. The van der Waals surface area contributed by atoms with Gasteiger partial charge in [-0.3, -0.25) is 0 Å². The van der Waals surface area contributed by atoms with Gasteiger partial charge in [0.25, 0.3) is 0 Å². The van der Waals surface area contributed by atoms with E-state index < -0.39 is 23.6 Å². The Bertz CT molecular complexity index is 348. The molecule has 5 nitrogen and oxygen atoms in total. The summed E-state index contributed by atoms with van der Waals surface area (Å²) in [6, 6.07) is 9.40. The highest BCUT2D eigenvalue weighted by molar-refractivity contribution is 7.81. The molecular weight excluding hydrogens is 268 g/mol. The van der Waals surface area contributed by atoms with E-state index in [0.717, 1.165) is 5.56 Å². The predicted octanol–water partition coefficient (Wildman–Crippen LogP) is -0.423. The van der Waals surface area contributed by atoms with Gasteiger partial charge in [-0.25, -0.2) is 0 Å². The molecule has 1 aromatic rings. The van der Waals surface area contributed by atoms with Crippen molar-refractivity contribution >= 4 is 12.6 Å². The Balaban J connectivity index is 2.32. The number of rotatable bonds is 8. The first-order chi connectivity index (χ1) is 9.06. The van der Waals surface area contributed by atoms with E-state index in [1.54, 1.807) is 0 Å². The van der Waals surface area contributed by atoms with Crippen LogP contribution in [0.3, 0.4) is 0 Å². The molecule has 0 radical (unpaired) electrons. The lowest BCUT2D eigenvalue weighted by atomic mass is 10.1. The molecule has 1 rings (SSSR count). The van der Waals surface area contributed by atoms with Crippen LogP contribution >= 0.6 is 12.6 Å². The summed E-state index contributed by atoms with van der Waals surface area (Å²) in [5.74, 6) is 0. The molecule has 0 spiro atoms. The molecule has 108 valence electrons. The molecule has 1 aromatic carbocycles. The van der Waals surface area contributed by atoms with Crippen molar-refractivity contribution in [3.63, 3.8) is 0 Å². The molecule has 0 bridgehead atoms. The summed E-state index contributed by atoms with van der Waals surface area (Å²) in [4.78, 5) is 0. The zero-order chi connectivity index (χ0) is 14.3. The number of aliphatic hydroxyl groups is 4. The van der Waals surface area contributed by atoms with Gasteiger partial charge in [0.15, 0.2) is 0 Å². The molecule has 0 amide bonds. The fourth-order valence-corrected chi connectivity index (χ4v) is 1.71. The van der Waals surface area contributed by atoms with Crippen molar-refractivity contribution < 1.29 is 25.2 Å². The van der Waals surface area contributed by atoms with E-state index in [1.807, 2.05) is 30.3 Å². The fourth-order valence-electron chi connectivity index (χ4n) is 1.53. The predicted molar refractivity (Wildman–Crippen MR) is 74.0 cm³/mol. The summed E-state index contributed by atoms with van der Waals surface area (Å²) in [6.07, 6.45) is -3.96. The van der Waals surface area contributed by atoms with Crippen LogP contribution in [0.25, 0.3) is 0 Å². The van der Waals surface area contributed by atoms with Crippen molar-refractivity contribution in [2.45, 2.75) is 30.2 Å². The smallest absolute Gasteiger partial charge is 0.109 e. The highest BCUT2D eigenvalue weighted by Gasteiger charge is 2.29. The highest BCUT2D eigenvalue weighted by Crippen LogP contribution is 2.10. The van der Waals surface area contributed by atoms with E-state index in [-0.39, 0.29) is 13.2 Å². The van der Waals surface area contributed by atoms with Crippen LogP contribution in [-0.2, 0) is 11.3 Å². The first-order valence-corrected chi connectivity index (χ1v) is 6.52. The topological polar surface area (TPSA) is 90.2 Å². The van der Waals surface area contributed by atoms with Crippen LogP contribution in [0.1, 0.15) is 5.56 Å². The van der Waals surface area contributed by atoms with Crippen molar-refractivity contribution in [1.82, 2.24) is 0 Å². The summed E-state index contributed by atoms with van der Waals surface area (Å²) >= 11 is 3.90. The summed E-state index contributed by atoms with van der Waals surface area (Å²) in [6.45, 7) is -0.191. The summed E-state index contributed by atoms with van der Waals surface area (Å²) in [5.41, 5.74) is 0.951. The van der Waals surface area contributed by atoms with E-state index in [9.17, 15) is 15.3 Å². The lowest BCUT2D eigenvalue weighted by Gasteiger charge is -2.25. The molecule has 0 fully saturated rings. The molecule has 0 aliphatic carbocycles. The van der Waals surface area contributed by atoms with Gasteiger partial charge in [0.2, 0.25) is 0 Å². The zero-order valence-electron chi connectivity index (χ0n) is 10.5. The molecule has 6 heteroatoms. The normalized spacial score (nSPS) is 17.7. The van der Waals surface area contributed by atoms with Gasteiger partial charge in [-0.2, -0.15) is 12.6 Å². The Kier molecular flexibility index (Phi) is 7.37. The molecule has 0 saturated heterocycles. The lowest BCUT2D eigenvalue weighted by Crippen LogP contribution is -2.45. The quantitative estimate of drug-likeness (QED) is 0.419. The van der Waals surface area contributed by atoms with Crippen LogP contribution in [0.5, 0.6) is 0 Å². The standard InChI is InChI=1S/C13H20O5S/c14-6-11(19)13(17)12(16)10(15)8-18-7-9-4-2-1-3-5-9/h1-5,10-17,19H,6-8H2/t10-,11+,12+,13+/m0/s1. The van der Waals surface area contributed by atoms with Crippen molar-refractivity contribution in [2.24, 2.45) is 0 Å². The summed E-state index contributed by atoms with van der Waals surface area (Å²) in [5, 5.41) is 36.9. The molecule has 19 heavy (non-hydrogen) atoms. The van der Waals surface area contributed by atoms with E-state index in [2.05, 4.69) is 12.6 Å². The van der Waals surface area contributed by atoms with E-state index in [4.69, 9.17) is 9.84 Å².